The second-order valence-electron chi connectivity index (χ2n) is 2.97. The van der Waals surface area contributed by atoms with Crippen LogP contribution < -0.4 is 0 Å². The molecule has 0 aromatic heterocycles. The number of methoxy groups -OCH3 is 1. The first kappa shape index (κ1) is 14.2. The van der Waals surface area contributed by atoms with Crippen molar-refractivity contribution in [2.75, 3.05) is 40.1 Å². The second-order valence-corrected chi connectivity index (χ2v) is 2.97. The molecule has 0 N–H and O–H groups in total. The zero-order chi connectivity index (χ0) is 11.5. The van der Waals surface area contributed by atoms with E-state index in [0.29, 0.717) is 19.6 Å². The van der Waals surface area contributed by atoms with E-state index in [0.717, 1.165) is 0 Å². The van der Waals surface area contributed by atoms with Crippen molar-refractivity contribution < 1.29 is 23.8 Å². The van der Waals surface area contributed by atoms with Crippen LogP contribution in [0, 0.1) is 0 Å². The molecule has 0 rings (SSSR count). The van der Waals surface area contributed by atoms with Gasteiger partial charge in [-0.25, -0.2) is 0 Å². The Hall–Kier alpha value is -0.780. The van der Waals surface area contributed by atoms with E-state index in [-0.39, 0.29) is 31.4 Å². The Labute approximate surface area is 89.7 Å². The van der Waals surface area contributed by atoms with E-state index in [1.165, 1.54) is 0 Å². The number of hydrogen-bond acceptors (Lipinski definition) is 5. The topological polar surface area (TPSA) is 61.8 Å². The lowest BCUT2D eigenvalue weighted by Gasteiger charge is -2.03. The van der Waals surface area contributed by atoms with Crippen molar-refractivity contribution in [3.63, 3.8) is 0 Å². The lowest BCUT2D eigenvalue weighted by molar-refractivity contribution is -0.131. The van der Waals surface area contributed by atoms with Crippen LogP contribution in [0.1, 0.15) is 13.3 Å². The number of Topliss-reactive ketones (excluding diaryl/α,β-unsaturated/α-hetero) is 2. The van der Waals surface area contributed by atoms with Crippen LogP contribution >= 0.6 is 0 Å². The Morgan fingerprint density at radius 1 is 0.933 bits per heavy atom. The van der Waals surface area contributed by atoms with E-state index in [1.54, 1.807) is 14.0 Å². The molecule has 88 valence electrons. The monoisotopic (exact) mass is 218 g/mol. The van der Waals surface area contributed by atoms with Crippen molar-refractivity contribution in [2.24, 2.45) is 0 Å². The SMILES string of the molecule is CCC(=O)COCC(=O)COCCOC. The Morgan fingerprint density at radius 3 is 2.13 bits per heavy atom. The Kier molecular flexibility index (Phi) is 9.26. The highest BCUT2D eigenvalue weighted by Gasteiger charge is 2.04. The molecule has 0 aliphatic heterocycles. The number of hydrogen-bond donors (Lipinski definition) is 0. The Morgan fingerprint density at radius 2 is 1.53 bits per heavy atom. The van der Waals surface area contributed by atoms with Gasteiger partial charge >= 0.3 is 0 Å². The average molecular weight is 218 g/mol. The predicted molar refractivity (Wildman–Crippen MR) is 53.8 cm³/mol. The molecule has 0 fully saturated rings. The molecule has 0 saturated heterocycles. The summed E-state index contributed by atoms with van der Waals surface area (Å²) in [5, 5.41) is 0. The molecule has 0 saturated carbocycles. The van der Waals surface area contributed by atoms with Crippen LogP contribution in [0.2, 0.25) is 0 Å². The molecule has 0 aliphatic rings. The molecule has 0 unspecified atom stereocenters. The van der Waals surface area contributed by atoms with E-state index in [1.807, 2.05) is 0 Å². The quantitative estimate of drug-likeness (QED) is 0.491. The van der Waals surface area contributed by atoms with Crippen LogP contribution in [0.25, 0.3) is 0 Å². The van der Waals surface area contributed by atoms with Gasteiger partial charge in [0.05, 0.1) is 13.2 Å². The highest BCUT2D eigenvalue weighted by molar-refractivity contribution is 5.82. The molecule has 0 aromatic carbocycles. The summed E-state index contributed by atoms with van der Waals surface area (Å²) in [6.07, 6.45) is 0.429. The third-order valence-corrected chi connectivity index (χ3v) is 1.62. The number of rotatable bonds is 10. The molecular formula is C10H18O5. The summed E-state index contributed by atoms with van der Waals surface area (Å²) < 4.78 is 14.6. The summed E-state index contributed by atoms with van der Waals surface area (Å²) in [6.45, 7) is 2.53. The van der Waals surface area contributed by atoms with Crippen LogP contribution in [0.4, 0.5) is 0 Å². The van der Waals surface area contributed by atoms with Gasteiger partial charge in [-0.05, 0) is 0 Å². The van der Waals surface area contributed by atoms with Gasteiger partial charge in [-0.1, -0.05) is 6.92 Å². The van der Waals surface area contributed by atoms with Crippen LogP contribution in [-0.4, -0.2) is 51.7 Å². The summed E-state index contributed by atoms with van der Waals surface area (Å²) in [5.74, 6) is -0.182. The lowest BCUT2D eigenvalue weighted by Crippen LogP contribution is -2.19. The fraction of sp³-hybridized carbons (Fsp3) is 0.800. The molecule has 0 heterocycles. The fourth-order valence-corrected chi connectivity index (χ4v) is 0.751. The van der Waals surface area contributed by atoms with Gasteiger partial charge in [-0.2, -0.15) is 0 Å². The zero-order valence-electron chi connectivity index (χ0n) is 9.28. The predicted octanol–water partition coefficient (Wildman–Crippen LogP) is 0.214. The maximum Gasteiger partial charge on any atom is 0.184 e. The molecule has 5 heteroatoms. The van der Waals surface area contributed by atoms with Gasteiger partial charge in [-0.15, -0.1) is 0 Å². The first-order chi connectivity index (χ1) is 7.20. The van der Waals surface area contributed by atoms with Crippen molar-refractivity contribution in [1.29, 1.82) is 0 Å². The van der Waals surface area contributed by atoms with E-state index in [2.05, 4.69) is 0 Å². The highest BCUT2D eigenvalue weighted by Crippen LogP contribution is 1.85. The van der Waals surface area contributed by atoms with Gasteiger partial charge in [0.1, 0.15) is 19.8 Å². The van der Waals surface area contributed by atoms with Gasteiger partial charge in [0, 0.05) is 13.5 Å². The minimum Gasteiger partial charge on any atom is -0.382 e. The molecule has 0 radical (unpaired) electrons. The largest absolute Gasteiger partial charge is 0.382 e. The van der Waals surface area contributed by atoms with E-state index < -0.39 is 0 Å². The summed E-state index contributed by atoms with van der Waals surface area (Å²) in [4.78, 5) is 21.9. The summed E-state index contributed by atoms with van der Waals surface area (Å²) in [6, 6.07) is 0. The molecule has 15 heavy (non-hydrogen) atoms. The van der Waals surface area contributed by atoms with Crippen LogP contribution in [-0.2, 0) is 23.8 Å². The highest BCUT2D eigenvalue weighted by atomic mass is 16.5. The van der Waals surface area contributed by atoms with Gasteiger partial charge in [0.2, 0.25) is 0 Å². The summed E-state index contributed by atoms with van der Waals surface area (Å²) >= 11 is 0. The molecule has 0 spiro atoms. The molecule has 0 bridgehead atoms. The maximum absolute atomic E-state index is 11.1. The number of ketones is 2. The first-order valence-corrected chi connectivity index (χ1v) is 4.88. The smallest absolute Gasteiger partial charge is 0.184 e. The maximum atomic E-state index is 11.1. The molecule has 0 atom stereocenters. The molecule has 0 aromatic rings. The van der Waals surface area contributed by atoms with Crippen LogP contribution in [0.15, 0.2) is 0 Å². The fourth-order valence-electron chi connectivity index (χ4n) is 0.751. The van der Waals surface area contributed by atoms with Crippen molar-refractivity contribution in [1.82, 2.24) is 0 Å². The summed E-state index contributed by atoms with van der Waals surface area (Å²) in [7, 11) is 1.56. The van der Waals surface area contributed by atoms with E-state index in [9.17, 15) is 9.59 Å². The first-order valence-electron chi connectivity index (χ1n) is 4.88. The van der Waals surface area contributed by atoms with Crippen LogP contribution in [0.5, 0.6) is 0 Å². The standard InChI is InChI=1S/C10H18O5/c1-3-9(11)6-15-8-10(12)7-14-5-4-13-2/h3-8H2,1-2H3. The van der Waals surface area contributed by atoms with Crippen molar-refractivity contribution >= 4 is 11.6 Å². The Bertz CT molecular complexity index is 190. The number of carbonyl (C=O) groups excluding carboxylic acids is 2. The minimum atomic E-state index is -0.171. The van der Waals surface area contributed by atoms with Crippen molar-refractivity contribution in [3.05, 3.63) is 0 Å². The van der Waals surface area contributed by atoms with Gasteiger partial charge in [0.25, 0.3) is 0 Å². The normalized spacial score (nSPS) is 10.3. The lowest BCUT2D eigenvalue weighted by atomic mass is 10.3. The zero-order valence-corrected chi connectivity index (χ0v) is 9.28. The second kappa shape index (κ2) is 9.76. The Balaban J connectivity index is 3.29. The molecule has 5 nitrogen and oxygen atoms in total. The summed E-state index contributed by atoms with van der Waals surface area (Å²) in [5.41, 5.74) is 0. The van der Waals surface area contributed by atoms with E-state index >= 15 is 0 Å². The third-order valence-electron chi connectivity index (χ3n) is 1.62. The number of ether oxygens (including phenoxy) is 3. The molecule has 0 amide bonds. The van der Waals surface area contributed by atoms with Gasteiger partial charge in [-0.3, -0.25) is 9.59 Å². The van der Waals surface area contributed by atoms with Crippen LogP contribution in [0.3, 0.4) is 0 Å². The van der Waals surface area contributed by atoms with E-state index in [4.69, 9.17) is 14.2 Å². The number of carbonyl (C=O) groups is 2. The van der Waals surface area contributed by atoms with Crippen molar-refractivity contribution in [3.8, 4) is 0 Å². The average Bonchev–Trinajstić information content (AvgIpc) is 2.24. The molecular weight excluding hydrogens is 200 g/mol. The molecule has 0 aliphatic carbocycles. The van der Waals surface area contributed by atoms with Gasteiger partial charge in [0.15, 0.2) is 11.6 Å². The van der Waals surface area contributed by atoms with Crippen molar-refractivity contribution in [2.45, 2.75) is 13.3 Å². The van der Waals surface area contributed by atoms with Gasteiger partial charge < -0.3 is 14.2 Å². The third kappa shape index (κ3) is 9.52. The minimum absolute atomic E-state index is 0.000309.